The molecular weight excluding hydrogens is 208 g/mol. The number of aromatic nitrogens is 2. The van der Waals surface area contributed by atoms with Crippen molar-refractivity contribution in [2.75, 3.05) is 11.1 Å². The molecule has 2 aromatic rings. The van der Waals surface area contributed by atoms with Crippen molar-refractivity contribution in [3.63, 3.8) is 0 Å². The van der Waals surface area contributed by atoms with Crippen LogP contribution >= 0.6 is 12.2 Å². The Morgan fingerprint density at radius 2 is 2.20 bits per heavy atom. The molecule has 0 aliphatic rings. The second-order valence-electron chi connectivity index (χ2n) is 2.98. The van der Waals surface area contributed by atoms with Crippen LogP contribution in [0.4, 0.5) is 17.2 Å². The lowest BCUT2D eigenvalue weighted by molar-refractivity contribution is 1.26. The van der Waals surface area contributed by atoms with Gasteiger partial charge in [0.25, 0.3) is 0 Å². The molecule has 0 amide bonds. The summed E-state index contributed by atoms with van der Waals surface area (Å²) in [6, 6.07) is 7.29. The van der Waals surface area contributed by atoms with E-state index in [2.05, 4.69) is 15.3 Å². The third-order valence-corrected chi connectivity index (χ3v) is 2.25. The van der Waals surface area contributed by atoms with E-state index in [0.717, 1.165) is 5.69 Å². The van der Waals surface area contributed by atoms with Crippen LogP contribution in [0, 0.1) is 4.64 Å². The molecule has 4 N–H and O–H groups in total. The van der Waals surface area contributed by atoms with E-state index in [0.29, 0.717) is 16.1 Å². The second-order valence-corrected chi connectivity index (χ2v) is 3.39. The summed E-state index contributed by atoms with van der Waals surface area (Å²) in [5.41, 5.74) is 7.13. The van der Waals surface area contributed by atoms with Crippen LogP contribution in [-0.2, 0) is 0 Å². The summed E-state index contributed by atoms with van der Waals surface area (Å²) in [4.78, 5) is 7.04. The first-order valence-corrected chi connectivity index (χ1v) is 4.83. The average Bonchev–Trinajstić information content (AvgIpc) is 2.24. The maximum Gasteiger partial charge on any atom is 0.153 e. The number of nitrogen functional groups attached to an aromatic ring is 1. The SMILES string of the molecule is Nc1cccnc1Nc1ccc[nH]c1=S. The molecule has 0 aliphatic carbocycles. The van der Waals surface area contributed by atoms with Crippen molar-refractivity contribution < 1.29 is 0 Å². The molecule has 2 aromatic heterocycles. The van der Waals surface area contributed by atoms with Gasteiger partial charge in [-0.1, -0.05) is 12.2 Å². The molecule has 0 bridgehead atoms. The Bertz CT molecular complexity index is 521. The molecule has 2 heterocycles. The van der Waals surface area contributed by atoms with Crippen LogP contribution in [0.1, 0.15) is 0 Å². The van der Waals surface area contributed by atoms with Crippen molar-refractivity contribution in [1.82, 2.24) is 9.97 Å². The summed E-state index contributed by atoms with van der Waals surface area (Å²) in [7, 11) is 0. The Balaban J connectivity index is 2.34. The largest absolute Gasteiger partial charge is 0.396 e. The van der Waals surface area contributed by atoms with Crippen LogP contribution in [0.5, 0.6) is 0 Å². The van der Waals surface area contributed by atoms with Gasteiger partial charge in [-0.15, -0.1) is 0 Å². The predicted molar refractivity (Wildman–Crippen MR) is 63.6 cm³/mol. The molecule has 15 heavy (non-hydrogen) atoms. The highest BCUT2D eigenvalue weighted by Gasteiger charge is 2.00. The maximum atomic E-state index is 5.75. The molecule has 0 aliphatic heterocycles. The second kappa shape index (κ2) is 4.10. The summed E-state index contributed by atoms with van der Waals surface area (Å²) < 4.78 is 0.627. The van der Waals surface area contributed by atoms with Crippen molar-refractivity contribution in [3.05, 3.63) is 41.3 Å². The molecule has 0 spiro atoms. The number of nitrogens with zero attached hydrogens (tertiary/aromatic N) is 1. The highest BCUT2D eigenvalue weighted by molar-refractivity contribution is 7.71. The van der Waals surface area contributed by atoms with Gasteiger partial charge >= 0.3 is 0 Å². The molecule has 0 aromatic carbocycles. The van der Waals surface area contributed by atoms with E-state index < -0.39 is 0 Å². The zero-order valence-corrected chi connectivity index (χ0v) is 8.71. The lowest BCUT2D eigenvalue weighted by atomic mass is 10.3. The van der Waals surface area contributed by atoms with Gasteiger partial charge < -0.3 is 16.0 Å². The van der Waals surface area contributed by atoms with Crippen LogP contribution in [0.3, 0.4) is 0 Å². The van der Waals surface area contributed by atoms with Gasteiger partial charge in [0.1, 0.15) is 4.64 Å². The van der Waals surface area contributed by atoms with E-state index in [1.165, 1.54) is 0 Å². The first-order chi connectivity index (χ1) is 7.27. The molecule has 0 saturated carbocycles. The van der Waals surface area contributed by atoms with Crippen LogP contribution < -0.4 is 11.1 Å². The summed E-state index contributed by atoms with van der Waals surface area (Å²) in [6.45, 7) is 0. The minimum Gasteiger partial charge on any atom is -0.396 e. The minimum absolute atomic E-state index is 0.593. The van der Waals surface area contributed by atoms with Gasteiger partial charge in [-0.3, -0.25) is 0 Å². The molecule has 76 valence electrons. The Morgan fingerprint density at radius 1 is 1.33 bits per heavy atom. The van der Waals surface area contributed by atoms with Gasteiger partial charge in [-0.2, -0.15) is 0 Å². The Labute approximate surface area is 92.2 Å². The van der Waals surface area contributed by atoms with E-state index in [4.69, 9.17) is 18.0 Å². The normalized spacial score (nSPS) is 9.87. The molecule has 0 fully saturated rings. The summed E-state index contributed by atoms with van der Waals surface area (Å²) in [5.74, 6) is 0.614. The van der Waals surface area contributed by atoms with Crippen molar-refractivity contribution in [3.8, 4) is 0 Å². The Morgan fingerprint density at radius 3 is 2.93 bits per heavy atom. The highest BCUT2D eigenvalue weighted by atomic mass is 32.1. The zero-order valence-electron chi connectivity index (χ0n) is 7.90. The number of aromatic amines is 1. The van der Waals surface area contributed by atoms with Crippen molar-refractivity contribution in [2.24, 2.45) is 0 Å². The fraction of sp³-hybridized carbons (Fsp3) is 0. The van der Waals surface area contributed by atoms with Gasteiger partial charge in [0.15, 0.2) is 5.82 Å². The van der Waals surface area contributed by atoms with Gasteiger partial charge in [0.05, 0.1) is 11.4 Å². The number of H-pyrrole nitrogens is 1. The number of hydrogen-bond donors (Lipinski definition) is 3. The van der Waals surface area contributed by atoms with Crippen molar-refractivity contribution in [2.45, 2.75) is 0 Å². The first-order valence-electron chi connectivity index (χ1n) is 4.42. The topological polar surface area (TPSA) is 66.7 Å². The Kier molecular flexibility index (Phi) is 2.64. The number of pyridine rings is 2. The van der Waals surface area contributed by atoms with Gasteiger partial charge in [-0.25, -0.2) is 4.98 Å². The standard InChI is InChI=1S/C10H10N4S/c11-7-3-1-5-12-9(7)14-8-4-2-6-13-10(8)15/h1-6H,11H2,(H,12,14)(H,13,15). The molecule has 4 nitrogen and oxygen atoms in total. The smallest absolute Gasteiger partial charge is 0.153 e. The quantitative estimate of drug-likeness (QED) is 0.677. The molecular formula is C10H10N4S. The zero-order chi connectivity index (χ0) is 10.7. The van der Waals surface area contributed by atoms with Gasteiger partial charge in [0, 0.05) is 12.4 Å². The maximum absolute atomic E-state index is 5.75. The number of nitrogens with one attached hydrogen (secondary N) is 2. The van der Waals surface area contributed by atoms with Gasteiger partial charge in [-0.05, 0) is 24.3 Å². The molecule has 0 radical (unpaired) electrons. The Hall–Kier alpha value is -1.88. The van der Waals surface area contributed by atoms with E-state index in [1.807, 2.05) is 12.1 Å². The summed E-state index contributed by atoms with van der Waals surface area (Å²) >= 11 is 5.11. The summed E-state index contributed by atoms with van der Waals surface area (Å²) in [5, 5.41) is 3.07. The molecule has 0 unspecified atom stereocenters. The predicted octanol–water partition coefficient (Wildman–Crippen LogP) is 2.46. The van der Waals surface area contributed by atoms with E-state index in [1.54, 1.807) is 24.5 Å². The van der Waals surface area contributed by atoms with E-state index in [-0.39, 0.29) is 0 Å². The fourth-order valence-corrected chi connectivity index (χ4v) is 1.36. The number of anilines is 3. The van der Waals surface area contributed by atoms with Gasteiger partial charge in [0.2, 0.25) is 0 Å². The van der Waals surface area contributed by atoms with Crippen LogP contribution in [0.15, 0.2) is 36.7 Å². The van der Waals surface area contributed by atoms with Crippen molar-refractivity contribution >= 4 is 29.4 Å². The number of hydrogen-bond acceptors (Lipinski definition) is 4. The summed E-state index contributed by atoms with van der Waals surface area (Å²) in [6.07, 6.45) is 3.45. The molecule has 0 saturated heterocycles. The lowest BCUT2D eigenvalue weighted by Crippen LogP contribution is -1.99. The van der Waals surface area contributed by atoms with E-state index in [9.17, 15) is 0 Å². The average molecular weight is 218 g/mol. The third-order valence-electron chi connectivity index (χ3n) is 1.91. The number of nitrogens with two attached hydrogens (primary N) is 1. The minimum atomic E-state index is 0.593. The lowest BCUT2D eigenvalue weighted by Gasteiger charge is -2.07. The monoisotopic (exact) mass is 218 g/mol. The first kappa shape index (κ1) is 9.67. The van der Waals surface area contributed by atoms with E-state index >= 15 is 0 Å². The molecule has 2 rings (SSSR count). The molecule has 0 atom stereocenters. The van der Waals surface area contributed by atoms with Crippen LogP contribution in [0.25, 0.3) is 0 Å². The number of rotatable bonds is 2. The highest BCUT2D eigenvalue weighted by Crippen LogP contribution is 2.19. The molecule has 5 heteroatoms. The third kappa shape index (κ3) is 2.13. The van der Waals surface area contributed by atoms with Crippen LogP contribution in [0.2, 0.25) is 0 Å². The van der Waals surface area contributed by atoms with Crippen LogP contribution in [-0.4, -0.2) is 9.97 Å². The van der Waals surface area contributed by atoms with Crippen molar-refractivity contribution in [1.29, 1.82) is 0 Å². The fourth-order valence-electron chi connectivity index (χ4n) is 1.17.